The molecule has 0 saturated heterocycles. The van der Waals surface area contributed by atoms with Crippen LogP contribution in [0.25, 0.3) is 0 Å². The van der Waals surface area contributed by atoms with E-state index in [4.69, 9.17) is 4.99 Å². The zero-order chi connectivity index (χ0) is 14.9. The van der Waals surface area contributed by atoms with Crippen molar-refractivity contribution in [3.05, 3.63) is 35.6 Å². The molecule has 2 unspecified atom stereocenters. The minimum atomic E-state index is -0.171. The molecule has 2 N–H and O–H groups in total. The maximum absolute atomic E-state index is 13.0. The van der Waals surface area contributed by atoms with E-state index in [0.717, 1.165) is 37.8 Å². The second kappa shape index (κ2) is 5.66. The summed E-state index contributed by atoms with van der Waals surface area (Å²) in [7, 11) is 0. The van der Waals surface area contributed by atoms with Gasteiger partial charge in [0.05, 0.1) is 6.54 Å². The van der Waals surface area contributed by atoms with Crippen molar-refractivity contribution in [2.75, 3.05) is 13.1 Å². The van der Waals surface area contributed by atoms with E-state index in [0.29, 0.717) is 6.04 Å². The fourth-order valence-corrected chi connectivity index (χ4v) is 2.74. The van der Waals surface area contributed by atoms with Gasteiger partial charge in [0, 0.05) is 18.0 Å². The highest BCUT2D eigenvalue weighted by Crippen LogP contribution is 2.48. The largest absolute Gasteiger partial charge is 0.357 e. The van der Waals surface area contributed by atoms with E-state index >= 15 is 0 Å². The van der Waals surface area contributed by atoms with E-state index in [1.807, 2.05) is 12.1 Å². The number of rotatable bonds is 5. The smallest absolute Gasteiger partial charge is 0.191 e. The highest BCUT2D eigenvalue weighted by atomic mass is 19.1. The minimum Gasteiger partial charge on any atom is -0.357 e. The molecule has 0 bridgehead atoms. The Bertz CT molecular complexity index is 519. The molecule has 21 heavy (non-hydrogen) atoms. The van der Waals surface area contributed by atoms with Crippen molar-refractivity contribution in [2.24, 2.45) is 10.9 Å². The monoisotopic (exact) mass is 289 g/mol. The first-order valence-corrected chi connectivity index (χ1v) is 7.94. The maximum Gasteiger partial charge on any atom is 0.191 e. The number of nitrogens with one attached hydrogen (secondary N) is 2. The van der Waals surface area contributed by atoms with Crippen molar-refractivity contribution in [1.29, 1.82) is 0 Å². The number of benzene rings is 1. The summed E-state index contributed by atoms with van der Waals surface area (Å²) in [6, 6.07) is 7.48. The van der Waals surface area contributed by atoms with E-state index in [1.165, 1.54) is 12.0 Å². The Morgan fingerprint density at radius 3 is 2.52 bits per heavy atom. The van der Waals surface area contributed by atoms with Crippen LogP contribution in [0.4, 0.5) is 4.39 Å². The fraction of sp³-hybridized carbons (Fsp3) is 0.588. The van der Waals surface area contributed by atoms with Crippen molar-refractivity contribution >= 4 is 5.96 Å². The second-order valence-electron chi connectivity index (χ2n) is 6.45. The predicted molar refractivity (Wildman–Crippen MR) is 84.0 cm³/mol. The third kappa shape index (κ3) is 3.36. The van der Waals surface area contributed by atoms with Crippen LogP contribution in [0.2, 0.25) is 0 Å². The first-order chi connectivity index (χ1) is 10.1. The van der Waals surface area contributed by atoms with Crippen molar-refractivity contribution in [3.8, 4) is 0 Å². The summed E-state index contributed by atoms with van der Waals surface area (Å²) in [4.78, 5) is 4.76. The van der Waals surface area contributed by atoms with Crippen LogP contribution >= 0.6 is 0 Å². The second-order valence-corrected chi connectivity index (χ2v) is 6.45. The van der Waals surface area contributed by atoms with Crippen molar-refractivity contribution < 1.29 is 4.39 Å². The molecular weight excluding hydrogens is 265 g/mol. The highest BCUT2D eigenvalue weighted by Gasteiger charge is 2.44. The number of halogens is 1. The topological polar surface area (TPSA) is 36.4 Å². The lowest BCUT2D eigenvalue weighted by molar-refractivity contribution is 0.623. The Hall–Kier alpha value is -1.58. The third-order valence-electron chi connectivity index (χ3n) is 4.63. The minimum absolute atomic E-state index is 0.130. The molecule has 0 heterocycles. The summed E-state index contributed by atoms with van der Waals surface area (Å²) in [6.07, 6.45) is 3.51. The van der Waals surface area contributed by atoms with Gasteiger partial charge in [0.25, 0.3) is 0 Å². The zero-order valence-corrected chi connectivity index (χ0v) is 12.8. The van der Waals surface area contributed by atoms with Crippen LogP contribution in [-0.4, -0.2) is 25.1 Å². The average Bonchev–Trinajstić information content (AvgIpc) is 3.37. The lowest BCUT2D eigenvalue weighted by atomic mass is 9.96. The Kier molecular flexibility index (Phi) is 3.87. The van der Waals surface area contributed by atoms with Crippen LogP contribution in [0.5, 0.6) is 0 Å². The molecule has 0 aromatic heterocycles. The van der Waals surface area contributed by atoms with Gasteiger partial charge in [-0.25, -0.2) is 4.39 Å². The molecule has 2 atom stereocenters. The van der Waals surface area contributed by atoms with Gasteiger partial charge in [-0.2, -0.15) is 0 Å². The van der Waals surface area contributed by atoms with E-state index in [-0.39, 0.29) is 11.2 Å². The number of aliphatic imine (C=N–C) groups is 1. The SMILES string of the molecule is CCNC(=NCC1(c2ccc(F)cc2)CC1)NC1CC1C. The molecule has 1 aromatic carbocycles. The summed E-state index contributed by atoms with van der Waals surface area (Å²) in [5, 5.41) is 6.80. The van der Waals surface area contributed by atoms with Gasteiger partial charge in [0.15, 0.2) is 5.96 Å². The lowest BCUT2D eigenvalue weighted by Gasteiger charge is -2.16. The molecule has 2 saturated carbocycles. The van der Waals surface area contributed by atoms with E-state index in [1.54, 1.807) is 12.1 Å². The number of nitrogens with zero attached hydrogens (tertiary/aromatic N) is 1. The Balaban J connectivity index is 1.66. The summed E-state index contributed by atoms with van der Waals surface area (Å²) in [6.45, 7) is 5.98. The summed E-state index contributed by atoms with van der Waals surface area (Å²) in [5.74, 6) is 1.50. The predicted octanol–water partition coefficient (Wildman–Crippen LogP) is 2.82. The molecule has 2 aliphatic carbocycles. The quantitative estimate of drug-likeness (QED) is 0.646. The number of hydrogen-bond donors (Lipinski definition) is 2. The molecule has 0 radical (unpaired) electrons. The van der Waals surface area contributed by atoms with Crippen molar-refractivity contribution in [1.82, 2.24) is 10.6 Å². The van der Waals surface area contributed by atoms with Crippen molar-refractivity contribution in [2.45, 2.75) is 44.6 Å². The van der Waals surface area contributed by atoms with E-state index in [2.05, 4.69) is 24.5 Å². The molecule has 2 aliphatic rings. The molecule has 3 nitrogen and oxygen atoms in total. The van der Waals surface area contributed by atoms with Crippen LogP contribution in [0.3, 0.4) is 0 Å². The highest BCUT2D eigenvalue weighted by molar-refractivity contribution is 5.80. The van der Waals surface area contributed by atoms with Crippen LogP contribution < -0.4 is 10.6 Å². The fourth-order valence-electron chi connectivity index (χ4n) is 2.74. The molecule has 0 spiro atoms. The number of hydrogen-bond acceptors (Lipinski definition) is 1. The summed E-state index contributed by atoms with van der Waals surface area (Å²) >= 11 is 0. The van der Waals surface area contributed by atoms with Gasteiger partial charge in [-0.3, -0.25) is 4.99 Å². The summed E-state index contributed by atoms with van der Waals surface area (Å²) < 4.78 is 13.0. The van der Waals surface area contributed by atoms with Crippen molar-refractivity contribution in [3.63, 3.8) is 0 Å². The van der Waals surface area contributed by atoms with Crippen LogP contribution in [0.1, 0.15) is 38.7 Å². The van der Waals surface area contributed by atoms with E-state index in [9.17, 15) is 4.39 Å². The Labute approximate surface area is 126 Å². The normalized spacial score (nSPS) is 26.3. The zero-order valence-electron chi connectivity index (χ0n) is 12.8. The van der Waals surface area contributed by atoms with Gasteiger partial charge in [0.1, 0.15) is 5.82 Å². The Morgan fingerprint density at radius 2 is 2.00 bits per heavy atom. The first-order valence-electron chi connectivity index (χ1n) is 7.94. The van der Waals surface area contributed by atoms with Gasteiger partial charge in [0.2, 0.25) is 0 Å². The summed E-state index contributed by atoms with van der Waals surface area (Å²) in [5.41, 5.74) is 1.34. The first kappa shape index (κ1) is 14.4. The Morgan fingerprint density at radius 1 is 1.33 bits per heavy atom. The molecule has 114 valence electrons. The molecule has 0 aliphatic heterocycles. The van der Waals surface area contributed by atoms with Gasteiger partial charge in [-0.15, -0.1) is 0 Å². The lowest BCUT2D eigenvalue weighted by Crippen LogP contribution is -2.39. The van der Waals surface area contributed by atoms with Crippen LogP contribution in [-0.2, 0) is 5.41 Å². The standard InChI is InChI=1S/C17H24FN3/c1-3-19-16(21-15-10-12(15)2)20-11-17(8-9-17)13-4-6-14(18)7-5-13/h4-7,12,15H,3,8-11H2,1-2H3,(H2,19,20,21). The van der Waals surface area contributed by atoms with Crippen LogP contribution in [0.15, 0.2) is 29.3 Å². The molecule has 0 amide bonds. The average molecular weight is 289 g/mol. The number of guanidine groups is 1. The van der Waals surface area contributed by atoms with Gasteiger partial charge in [-0.05, 0) is 49.8 Å². The van der Waals surface area contributed by atoms with Gasteiger partial charge >= 0.3 is 0 Å². The van der Waals surface area contributed by atoms with Gasteiger partial charge < -0.3 is 10.6 Å². The molecular formula is C17H24FN3. The molecule has 2 fully saturated rings. The van der Waals surface area contributed by atoms with E-state index < -0.39 is 0 Å². The van der Waals surface area contributed by atoms with Gasteiger partial charge in [-0.1, -0.05) is 19.1 Å². The van der Waals surface area contributed by atoms with Crippen LogP contribution in [0, 0.1) is 11.7 Å². The molecule has 1 aromatic rings. The third-order valence-corrected chi connectivity index (χ3v) is 4.63. The molecule has 3 rings (SSSR count). The maximum atomic E-state index is 13.0. The molecule has 4 heteroatoms.